The molecule has 14 heavy (non-hydrogen) atoms. The van der Waals surface area contributed by atoms with Gasteiger partial charge in [-0.3, -0.25) is 4.55 Å². The van der Waals surface area contributed by atoms with E-state index in [4.69, 9.17) is 9.66 Å². The van der Waals surface area contributed by atoms with Gasteiger partial charge < -0.3 is 16.1 Å². The first-order valence-electron chi connectivity index (χ1n) is 3.18. The highest BCUT2D eigenvalue weighted by molar-refractivity contribution is 7.85. The molecule has 0 aliphatic heterocycles. The summed E-state index contributed by atoms with van der Waals surface area (Å²) in [6, 6.07) is 3.56. The molecule has 0 aliphatic carbocycles. The Morgan fingerprint density at radius 3 is 2.07 bits per heavy atom. The van der Waals surface area contributed by atoms with Crippen molar-refractivity contribution in [2.45, 2.75) is 11.8 Å². The number of hydrogen-bond donors (Lipinski definition) is 2. The summed E-state index contributed by atoms with van der Waals surface area (Å²) in [6.07, 6.45) is 0. The maximum absolute atomic E-state index is 10.6. The zero-order chi connectivity index (χ0) is 9.35. The molecule has 1 aromatic rings. The van der Waals surface area contributed by atoms with E-state index in [9.17, 15) is 8.42 Å². The summed E-state index contributed by atoms with van der Waals surface area (Å²) in [5.74, 6) is 0.00222. The third-order valence-electron chi connectivity index (χ3n) is 1.47. The molecule has 0 saturated carbocycles. The smallest absolute Gasteiger partial charge is 0.294 e. The van der Waals surface area contributed by atoms with Crippen LogP contribution >= 0.6 is 0 Å². The van der Waals surface area contributed by atoms with E-state index in [1.807, 2.05) is 0 Å². The van der Waals surface area contributed by atoms with Crippen molar-refractivity contribution >= 4 is 10.1 Å². The van der Waals surface area contributed by atoms with Gasteiger partial charge in [0.2, 0.25) is 0 Å². The lowest BCUT2D eigenvalue weighted by Gasteiger charge is -2.00. The fourth-order valence-corrected chi connectivity index (χ4v) is 1.35. The lowest BCUT2D eigenvalue weighted by molar-refractivity contribution is 0.468. The fourth-order valence-electron chi connectivity index (χ4n) is 0.788. The Kier molecular flexibility index (Phi) is 5.38. The molecule has 0 amide bonds. The van der Waals surface area contributed by atoms with Crippen LogP contribution in [0.5, 0.6) is 5.75 Å². The van der Waals surface area contributed by atoms with Crippen LogP contribution in [0.3, 0.4) is 0 Å². The van der Waals surface area contributed by atoms with Crippen LogP contribution < -0.4 is 0 Å². The van der Waals surface area contributed by atoms with Crippen molar-refractivity contribution in [1.82, 2.24) is 0 Å². The molecule has 0 aliphatic rings. The molecular weight excluding hydrogens is 212 g/mol. The molecule has 1 aromatic carbocycles. The SMILES string of the molecule is Cc1cc(S(=O)(=O)O)ccc1O.O.O. The first kappa shape index (κ1) is 15.3. The minimum Gasteiger partial charge on any atom is -0.508 e. The minimum absolute atomic E-state index is 0. The molecular formula is C7H12O6S. The highest BCUT2D eigenvalue weighted by Gasteiger charge is 2.09. The van der Waals surface area contributed by atoms with E-state index in [0.717, 1.165) is 6.07 Å². The lowest BCUT2D eigenvalue weighted by Crippen LogP contribution is -1.97. The van der Waals surface area contributed by atoms with Crippen LogP contribution in [0.2, 0.25) is 0 Å². The Balaban J connectivity index is 0. The number of benzene rings is 1. The number of phenols is 1. The van der Waals surface area contributed by atoms with Crippen LogP contribution in [0.25, 0.3) is 0 Å². The molecule has 0 radical (unpaired) electrons. The van der Waals surface area contributed by atoms with Gasteiger partial charge in [-0.2, -0.15) is 8.42 Å². The van der Waals surface area contributed by atoms with Gasteiger partial charge in [-0.25, -0.2) is 0 Å². The maximum atomic E-state index is 10.6. The number of rotatable bonds is 1. The van der Waals surface area contributed by atoms with Gasteiger partial charge in [0.1, 0.15) is 5.75 Å². The molecule has 6 N–H and O–H groups in total. The quantitative estimate of drug-likeness (QED) is 0.609. The summed E-state index contributed by atoms with van der Waals surface area (Å²) in [6.45, 7) is 1.55. The number of phenolic OH excluding ortho intramolecular Hbond substituents is 1. The molecule has 0 heterocycles. The topological polar surface area (TPSA) is 138 Å². The third kappa shape index (κ3) is 3.30. The van der Waals surface area contributed by atoms with E-state index in [2.05, 4.69) is 0 Å². The first-order chi connectivity index (χ1) is 5.41. The largest absolute Gasteiger partial charge is 0.508 e. The van der Waals surface area contributed by atoms with Gasteiger partial charge in [0, 0.05) is 0 Å². The van der Waals surface area contributed by atoms with Crippen molar-refractivity contribution in [2.75, 3.05) is 0 Å². The first-order valence-corrected chi connectivity index (χ1v) is 4.62. The van der Waals surface area contributed by atoms with Crippen molar-refractivity contribution in [3.63, 3.8) is 0 Å². The zero-order valence-electron chi connectivity index (χ0n) is 7.35. The summed E-state index contributed by atoms with van der Waals surface area (Å²) in [5, 5.41) is 9.03. The maximum Gasteiger partial charge on any atom is 0.294 e. The van der Waals surface area contributed by atoms with Crippen molar-refractivity contribution in [1.29, 1.82) is 0 Å². The normalized spacial score (nSPS) is 9.86. The van der Waals surface area contributed by atoms with Crippen molar-refractivity contribution in [2.24, 2.45) is 0 Å². The predicted octanol–water partition coefficient (Wildman–Crippen LogP) is -0.702. The van der Waals surface area contributed by atoms with E-state index >= 15 is 0 Å². The average molecular weight is 224 g/mol. The molecule has 0 fully saturated rings. The molecule has 0 bridgehead atoms. The van der Waals surface area contributed by atoms with Crippen LogP contribution in [0.1, 0.15) is 5.56 Å². The molecule has 0 unspecified atom stereocenters. The minimum atomic E-state index is -4.15. The number of aromatic hydroxyl groups is 1. The summed E-state index contributed by atoms with van der Waals surface area (Å²) < 4.78 is 29.7. The summed E-state index contributed by atoms with van der Waals surface area (Å²) in [4.78, 5) is -0.210. The van der Waals surface area contributed by atoms with Gasteiger partial charge in [-0.05, 0) is 30.7 Å². The van der Waals surface area contributed by atoms with Gasteiger partial charge in [-0.15, -0.1) is 0 Å². The van der Waals surface area contributed by atoms with Crippen LogP contribution in [-0.2, 0) is 10.1 Å². The molecule has 0 saturated heterocycles. The Bertz CT molecular complexity index is 397. The Morgan fingerprint density at radius 2 is 1.71 bits per heavy atom. The molecule has 7 heteroatoms. The van der Waals surface area contributed by atoms with E-state index in [0.29, 0.717) is 5.56 Å². The standard InChI is InChI=1S/C7H8O4S.2H2O/c1-5-4-6(12(9,10)11)2-3-7(5)8;;/h2-4,8H,1H3,(H,9,10,11);2*1H2. The van der Waals surface area contributed by atoms with Crippen molar-refractivity contribution < 1.29 is 29.0 Å². The van der Waals surface area contributed by atoms with Gasteiger partial charge in [0.05, 0.1) is 4.90 Å². The second kappa shape index (κ2) is 4.91. The van der Waals surface area contributed by atoms with E-state index in [1.165, 1.54) is 12.1 Å². The van der Waals surface area contributed by atoms with E-state index in [1.54, 1.807) is 6.92 Å². The van der Waals surface area contributed by atoms with Gasteiger partial charge in [0.15, 0.2) is 0 Å². The Morgan fingerprint density at radius 1 is 1.21 bits per heavy atom. The highest BCUT2D eigenvalue weighted by Crippen LogP contribution is 2.19. The van der Waals surface area contributed by atoms with Crippen molar-refractivity contribution in [3.05, 3.63) is 23.8 Å². The Labute approximate surface area is 81.2 Å². The van der Waals surface area contributed by atoms with Crippen molar-refractivity contribution in [3.8, 4) is 5.75 Å². The van der Waals surface area contributed by atoms with Crippen LogP contribution in [0, 0.1) is 6.92 Å². The lowest BCUT2D eigenvalue weighted by atomic mass is 10.2. The summed E-state index contributed by atoms with van der Waals surface area (Å²) in [7, 11) is -4.15. The van der Waals surface area contributed by atoms with E-state index in [-0.39, 0.29) is 21.6 Å². The highest BCUT2D eigenvalue weighted by atomic mass is 32.2. The zero-order valence-corrected chi connectivity index (χ0v) is 8.17. The third-order valence-corrected chi connectivity index (χ3v) is 2.32. The van der Waals surface area contributed by atoms with Gasteiger partial charge in [0.25, 0.3) is 10.1 Å². The fraction of sp³-hybridized carbons (Fsp3) is 0.143. The van der Waals surface area contributed by atoms with Gasteiger partial charge in [-0.1, -0.05) is 0 Å². The average Bonchev–Trinajstić information content (AvgIpc) is 1.92. The van der Waals surface area contributed by atoms with Gasteiger partial charge >= 0.3 is 0 Å². The molecule has 0 spiro atoms. The summed E-state index contributed by atoms with van der Waals surface area (Å²) in [5.41, 5.74) is 0.408. The monoisotopic (exact) mass is 224 g/mol. The second-order valence-corrected chi connectivity index (χ2v) is 3.84. The van der Waals surface area contributed by atoms with Crippen LogP contribution in [0.15, 0.2) is 23.1 Å². The van der Waals surface area contributed by atoms with E-state index < -0.39 is 10.1 Å². The number of hydrogen-bond acceptors (Lipinski definition) is 3. The summed E-state index contributed by atoms with van der Waals surface area (Å²) >= 11 is 0. The second-order valence-electron chi connectivity index (χ2n) is 2.42. The predicted molar refractivity (Wildman–Crippen MR) is 49.9 cm³/mol. The molecule has 1 rings (SSSR count). The molecule has 0 atom stereocenters. The molecule has 82 valence electrons. The number of aryl methyl sites for hydroxylation is 1. The Hall–Kier alpha value is -1.15. The molecule has 0 aromatic heterocycles. The van der Waals surface area contributed by atoms with Crippen LogP contribution in [-0.4, -0.2) is 29.0 Å². The van der Waals surface area contributed by atoms with Crippen LogP contribution in [0.4, 0.5) is 0 Å². The molecule has 6 nitrogen and oxygen atoms in total.